The quantitative estimate of drug-likeness (QED) is 0.742. The molecule has 0 atom stereocenters. The fourth-order valence-electron chi connectivity index (χ4n) is 3.03. The molecule has 24 heavy (non-hydrogen) atoms. The van der Waals surface area contributed by atoms with Gasteiger partial charge in [0.05, 0.1) is 7.11 Å². The summed E-state index contributed by atoms with van der Waals surface area (Å²) in [6.07, 6.45) is 4.71. The summed E-state index contributed by atoms with van der Waals surface area (Å²) in [5, 5.41) is 3.21. The number of nitrogens with zero attached hydrogens (tertiary/aromatic N) is 1. The van der Waals surface area contributed by atoms with Crippen LogP contribution < -0.4 is 14.8 Å². The first-order valence-corrected chi connectivity index (χ1v) is 8.51. The second-order valence-corrected chi connectivity index (χ2v) is 6.15. The van der Waals surface area contributed by atoms with Gasteiger partial charge in [-0.05, 0) is 56.5 Å². The fraction of sp³-hybridized carbons (Fsp3) is 0.526. The number of carbonyl (C=O) groups is 1. The van der Waals surface area contributed by atoms with Crippen LogP contribution in [0.4, 0.5) is 0 Å². The number of likely N-dealkylation sites (tertiary alicyclic amines) is 1. The number of piperidine rings is 1. The number of benzene rings is 1. The molecule has 1 aliphatic heterocycles. The van der Waals surface area contributed by atoms with Crippen molar-refractivity contribution < 1.29 is 14.3 Å². The van der Waals surface area contributed by atoms with E-state index in [9.17, 15) is 4.79 Å². The molecular formula is C19H28N2O3. The normalized spacial score (nSPS) is 15.2. The van der Waals surface area contributed by atoms with Gasteiger partial charge in [-0.1, -0.05) is 12.1 Å². The maximum absolute atomic E-state index is 12.3. The molecule has 1 saturated heterocycles. The highest BCUT2D eigenvalue weighted by Crippen LogP contribution is 2.28. The van der Waals surface area contributed by atoms with Gasteiger partial charge in [0.15, 0.2) is 18.1 Å². The van der Waals surface area contributed by atoms with Crippen LogP contribution in [0.3, 0.4) is 0 Å². The van der Waals surface area contributed by atoms with Gasteiger partial charge in [-0.2, -0.15) is 0 Å². The van der Waals surface area contributed by atoms with Crippen molar-refractivity contribution in [2.24, 2.45) is 5.92 Å². The van der Waals surface area contributed by atoms with E-state index in [-0.39, 0.29) is 12.5 Å². The zero-order valence-electron chi connectivity index (χ0n) is 14.7. The van der Waals surface area contributed by atoms with Gasteiger partial charge < -0.3 is 19.7 Å². The maximum atomic E-state index is 12.3. The zero-order chi connectivity index (χ0) is 17.4. The number of hydrogen-bond donors (Lipinski definition) is 1. The lowest BCUT2D eigenvalue weighted by Crippen LogP contribution is -2.42. The van der Waals surface area contributed by atoms with Gasteiger partial charge in [0, 0.05) is 13.1 Å². The summed E-state index contributed by atoms with van der Waals surface area (Å²) < 4.78 is 11.1. The van der Waals surface area contributed by atoms with Crippen molar-refractivity contribution in [2.75, 3.05) is 40.4 Å². The number of methoxy groups -OCH3 is 1. The molecule has 5 nitrogen and oxygen atoms in total. The van der Waals surface area contributed by atoms with Crippen LogP contribution in [0, 0.1) is 5.92 Å². The average Bonchev–Trinajstić information content (AvgIpc) is 2.61. The predicted octanol–water partition coefficient (Wildman–Crippen LogP) is 2.26. The van der Waals surface area contributed by atoms with Crippen LogP contribution in [0.25, 0.3) is 0 Å². The lowest BCUT2D eigenvalue weighted by atomic mass is 9.97. The summed E-state index contributed by atoms with van der Waals surface area (Å²) in [6, 6.07) is 5.74. The number of rotatable bonds is 8. The lowest BCUT2D eigenvalue weighted by molar-refractivity contribution is -0.134. The number of hydrogen-bond acceptors (Lipinski definition) is 4. The highest BCUT2D eigenvalue weighted by atomic mass is 16.5. The minimum absolute atomic E-state index is 0.0372. The third-order valence-electron chi connectivity index (χ3n) is 4.42. The fourth-order valence-corrected chi connectivity index (χ4v) is 3.03. The van der Waals surface area contributed by atoms with E-state index in [0.29, 0.717) is 17.4 Å². The molecule has 1 aromatic rings. The summed E-state index contributed by atoms with van der Waals surface area (Å²) in [6.45, 7) is 6.42. The van der Waals surface area contributed by atoms with E-state index < -0.39 is 0 Å². The van der Waals surface area contributed by atoms with Gasteiger partial charge in [0.25, 0.3) is 5.91 Å². The Balaban J connectivity index is 1.86. The van der Waals surface area contributed by atoms with Crippen LogP contribution in [-0.2, 0) is 11.2 Å². The van der Waals surface area contributed by atoms with E-state index in [1.54, 1.807) is 7.11 Å². The lowest BCUT2D eigenvalue weighted by Gasteiger charge is -2.31. The molecule has 0 radical (unpaired) electrons. The molecule has 5 heteroatoms. The second-order valence-electron chi connectivity index (χ2n) is 6.15. The van der Waals surface area contributed by atoms with E-state index in [4.69, 9.17) is 9.47 Å². The van der Waals surface area contributed by atoms with Crippen LogP contribution in [-0.4, -0.2) is 51.2 Å². The summed E-state index contributed by atoms with van der Waals surface area (Å²) in [4.78, 5) is 14.2. The Hall–Kier alpha value is -2.01. The maximum Gasteiger partial charge on any atom is 0.260 e. The number of ether oxygens (including phenoxy) is 2. The molecule has 1 N–H and O–H groups in total. The molecule has 2 rings (SSSR count). The Kier molecular flexibility index (Phi) is 7.12. The molecule has 1 amide bonds. The van der Waals surface area contributed by atoms with Crippen LogP contribution in [0.2, 0.25) is 0 Å². The Morgan fingerprint density at radius 2 is 2.12 bits per heavy atom. The Morgan fingerprint density at radius 3 is 2.75 bits per heavy atom. The molecule has 0 aliphatic carbocycles. The van der Waals surface area contributed by atoms with E-state index in [2.05, 4.69) is 11.9 Å². The minimum Gasteiger partial charge on any atom is -0.493 e. The van der Waals surface area contributed by atoms with Crippen LogP contribution in [0.15, 0.2) is 30.9 Å². The van der Waals surface area contributed by atoms with E-state index >= 15 is 0 Å². The van der Waals surface area contributed by atoms with Crippen molar-refractivity contribution in [1.29, 1.82) is 0 Å². The van der Waals surface area contributed by atoms with Gasteiger partial charge in [-0.15, -0.1) is 6.58 Å². The van der Waals surface area contributed by atoms with Gasteiger partial charge in [0.2, 0.25) is 0 Å². The number of carbonyl (C=O) groups excluding carboxylic acids is 1. The van der Waals surface area contributed by atoms with Crippen molar-refractivity contribution in [3.63, 3.8) is 0 Å². The second kappa shape index (κ2) is 9.33. The van der Waals surface area contributed by atoms with Crippen LogP contribution in [0.1, 0.15) is 18.4 Å². The molecule has 0 bridgehead atoms. The third-order valence-corrected chi connectivity index (χ3v) is 4.42. The molecule has 0 unspecified atom stereocenters. The van der Waals surface area contributed by atoms with Crippen molar-refractivity contribution in [1.82, 2.24) is 10.2 Å². The molecule has 132 valence electrons. The molecule has 1 aliphatic rings. The van der Waals surface area contributed by atoms with E-state index in [0.717, 1.165) is 44.5 Å². The number of amides is 1. The van der Waals surface area contributed by atoms with Gasteiger partial charge >= 0.3 is 0 Å². The van der Waals surface area contributed by atoms with Gasteiger partial charge in [0.1, 0.15) is 0 Å². The van der Waals surface area contributed by atoms with Crippen molar-refractivity contribution in [3.05, 3.63) is 36.4 Å². The van der Waals surface area contributed by atoms with Crippen molar-refractivity contribution in [2.45, 2.75) is 19.3 Å². The van der Waals surface area contributed by atoms with Crippen LogP contribution >= 0.6 is 0 Å². The smallest absolute Gasteiger partial charge is 0.260 e. The monoisotopic (exact) mass is 332 g/mol. The molecule has 0 saturated carbocycles. The largest absolute Gasteiger partial charge is 0.493 e. The molecule has 1 heterocycles. The van der Waals surface area contributed by atoms with Gasteiger partial charge in [-0.3, -0.25) is 4.79 Å². The molecule has 0 spiro atoms. The Morgan fingerprint density at radius 1 is 1.38 bits per heavy atom. The SMILES string of the molecule is C=CCc1ccc(OCC(=O)N2CCC(CNC)CC2)c(OC)c1. The zero-order valence-corrected chi connectivity index (χ0v) is 14.7. The average molecular weight is 332 g/mol. The Labute approximate surface area is 144 Å². The highest BCUT2D eigenvalue weighted by Gasteiger charge is 2.22. The summed E-state index contributed by atoms with van der Waals surface area (Å²) in [7, 11) is 3.58. The minimum atomic E-state index is 0.0372. The summed E-state index contributed by atoms with van der Waals surface area (Å²) in [5.41, 5.74) is 1.10. The third kappa shape index (κ3) is 4.99. The number of allylic oxidation sites excluding steroid dienone is 1. The molecular weight excluding hydrogens is 304 g/mol. The first-order chi connectivity index (χ1) is 11.7. The van der Waals surface area contributed by atoms with E-state index in [1.807, 2.05) is 36.2 Å². The van der Waals surface area contributed by atoms with Gasteiger partial charge in [-0.25, -0.2) is 0 Å². The molecule has 0 aromatic heterocycles. The number of nitrogens with one attached hydrogen (secondary N) is 1. The first-order valence-electron chi connectivity index (χ1n) is 8.51. The molecule has 1 fully saturated rings. The first kappa shape index (κ1) is 18.3. The van der Waals surface area contributed by atoms with Crippen LogP contribution in [0.5, 0.6) is 11.5 Å². The standard InChI is InChI=1S/C19H28N2O3/c1-4-5-15-6-7-17(18(12-15)23-3)24-14-19(22)21-10-8-16(9-11-21)13-20-2/h4,6-7,12,16,20H,1,5,8-11,13-14H2,2-3H3. The summed E-state index contributed by atoms with van der Waals surface area (Å²) >= 11 is 0. The van der Waals surface area contributed by atoms with Crippen molar-refractivity contribution >= 4 is 5.91 Å². The van der Waals surface area contributed by atoms with Crippen molar-refractivity contribution in [3.8, 4) is 11.5 Å². The highest BCUT2D eigenvalue weighted by molar-refractivity contribution is 5.78. The Bertz CT molecular complexity index is 552. The molecule has 1 aromatic carbocycles. The predicted molar refractivity (Wildman–Crippen MR) is 95.6 cm³/mol. The van der Waals surface area contributed by atoms with E-state index in [1.165, 1.54) is 0 Å². The summed E-state index contributed by atoms with van der Waals surface area (Å²) in [5.74, 6) is 1.95. The topological polar surface area (TPSA) is 50.8 Å².